The first kappa shape index (κ1) is 16.6. The second-order valence-corrected chi connectivity index (χ2v) is 5.84. The molecule has 3 aromatic rings. The van der Waals surface area contributed by atoms with Crippen LogP contribution in [-0.2, 0) is 0 Å². The SMILES string of the molecule is O=c1[nH]ncc(N/N=C\c2ccc(-c3cc(Cl)ccc3Cl)o2)c1Cl. The summed E-state index contributed by atoms with van der Waals surface area (Å²) in [5.41, 5.74) is 3.07. The Morgan fingerprint density at radius 1 is 1.21 bits per heavy atom. The van der Waals surface area contributed by atoms with E-state index in [1.807, 2.05) is 0 Å². The van der Waals surface area contributed by atoms with Crippen molar-refractivity contribution in [3.05, 3.63) is 67.7 Å². The van der Waals surface area contributed by atoms with Gasteiger partial charge in [-0.3, -0.25) is 10.2 Å². The second kappa shape index (κ2) is 7.09. The number of nitrogens with one attached hydrogen (secondary N) is 2. The van der Waals surface area contributed by atoms with Crippen LogP contribution in [-0.4, -0.2) is 16.4 Å². The summed E-state index contributed by atoms with van der Waals surface area (Å²) >= 11 is 17.9. The van der Waals surface area contributed by atoms with Crippen LogP contribution in [0.1, 0.15) is 5.76 Å². The van der Waals surface area contributed by atoms with Gasteiger partial charge in [0.25, 0.3) is 5.56 Å². The zero-order chi connectivity index (χ0) is 17.1. The Bertz CT molecular complexity index is 965. The quantitative estimate of drug-likeness (QED) is 0.515. The van der Waals surface area contributed by atoms with Crippen molar-refractivity contribution in [3.8, 4) is 11.3 Å². The normalized spacial score (nSPS) is 11.1. The largest absolute Gasteiger partial charge is 0.455 e. The molecule has 0 spiro atoms. The molecule has 0 radical (unpaired) electrons. The third kappa shape index (κ3) is 3.62. The van der Waals surface area contributed by atoms with Crippen LogP contribution in [0, 0.1) is 0 Å². The summed E-state index contributed by atoms with van der Waals surface area (Å²) in [6.07, 6.45) is 2.78. The summed E-state index contributed by atoms with van der Waals surface area (Å²) in [5, 5.41) is 10.8. The van der Waals surface area contributed by atoms with Gasteiger partial charge in [-0.2, -0.15) is 10.2 Å². The van der Waals surface area contributed by atoms with E-state index in [0.717, 1.165) is 0 Å². The molecule has 3 rings (SSSR count). The number of nitrogens with zero attached hydrogens (tertiary/aromatic N) is 2. The Morgan fingerprint density at radius 3 is 2.88 bits per heavy atom. The molecule has 0 fully saturated rings. The lowest BCUT2D eigenvalue weighted by Gasteiger charge is -2.01. The van der Waals surface area contributed by atoms with Crippen LogP contribution in [0.3, 0.4) is 0 Å². The fourth-order valence-corrected chi connectivity index (χ4v) is 2.40. The lowest BCUT2D eigenvalue weighted by Crippen LogP contribution is -2.09. The van der Waals surface area contributed by atoms with Gasteiger partial charge in [-0.25, -0.2) is 5.10 Å². The number of halogens is 3. The van der Waals surface area contributed by atoms with Gasteiger partial charge in [0.15, 0.2) is 0 Å². The number of H-pyrrole nitrogens is 1. The summed E-state index contributed by atoms with van der Waals surface area (Å²) < 4.78 is 5.65. The van der Waals surface area contributed by atoms with Crippen molar-refractivity contribution >= 4 is 46.7 Å². The van der Waals surface area contributed by atoms with Gasteiger partial charge < -0.3 is 4.42 Å². The van der Waals surface area contributed by atoms with E-state index in [1.165, 1.54) is 12.4 Å². The average Bonchev–Trinajstić information content (AvgIpc) is 3.02. The molecule has 0 atom stereocenters. The maximum absolute atomic E-state index is 11.3. The van der Waals surface area contributed by atoms with Crippen LogP contribution in [0.25, 0.3) is 11.3 Å². The third-order valence-corrected chi connectivity index (χ3v) is 3.93. The molecule has 1 aromatic carbocycles. The lowest BCUT2D eigenvalue weighted by atomic mass is 10.2. The Labute approximate surface area is 151 Å². The topological polar surface area (TPSA) is 83.3 Å². The smallest absolute Gasteiger partial charge is 0.285 e. The molecule has 2 N–H and O–H groups in total. The molecule has 122 valence electrons. The number of furan rings is 1. The Morgan fingerprint density at radius 2 is 2.04 bits per heavy atom. The van der Waals surface area contributed by atoms with E-state index in [1.54, 1.807) is 30.3 Å². The minimum atomic E-state index is -0.507. The zero-order valence-electron chi connectivity index (χ0n) is 11.9. The van der Waals surface area contributed by atoms with Gasteiger partial charge in [0.1, 0.15) is 22.2 Å². The minimum absolute atomic E-state index is 0.0343. The second-order valence-electron chi connectivity index (χ2n) is 4.62. The molecule has 0 aliphatic carbocycles. The van der Waals surface area contributed by atoms with Crippen LogP contribution in [0.4, 0.5) is 5.69 Å². The fraction of sp³-hybridized carbons (Fsp3) is 0. The van der Waals surface area contributed by atoms with Crippen molar-refractivity contribution in [1.82, 2.24) is 10.2 Å². The molecular weight excluding hydrogens is 375 g/mol. The molecule has 0 aliphatic rings. The molecule has 0 bridgehead atoms. The Balaban J connectivity index is 1.78. The number of aromatic nitrogens is 2. The maximum Gasteiger partial charge on any atom is 0.285 e. The van der Waals surface area contributed by atoms with Gasteiger partial charge in [0, 0.05) is 10.6 Å². The third-order valence-electron chi connectivity index (χ3n) is 2.99. The maximum atomic E-state index is 11.3. The monoisotopic (exact) mass is 382 g/mol. The lowest BCUT2D eigenvalue weighted by molar-refractivity contribution is 0.575. The molecule has 2 heterocycles. The van der Waals surface area contributed by atoms with E-state index >= 15 is 0 Å². The van der Waals surface area contributed by atoms with Gasteiger partial charge >= 0.3 is 0 Å². The van der Waals surface area contributed by atoms with Crippen molar-refractivity contribution < 1.29 is 4.42 Å². The summed E-state index contributed by atoms with van der Waals surface area (Å²) in [5.74, 6) is 1.03. The van der Waals surface area contributed by atoms with Crippen LogP contribution < -0.4 is 11.0 Å². The summed E-state index contributed by atoms with van der Waals surface area (Å²) in [7, 11) is 0. The highest BCUT2D eigenvalue weighted by Crippen LogP contribution is 2.31. The summed E-state index contributed by atoms with van der Waals surface area (Å²) in [4.78, 5) is 11.3. The van der Waals surface area contributed by atoms with Gasteiger partial charge in [-0.05, 0) is 30.3 Å². The molecular formula is C15H9Cl3N4O2. The van der Waals surface area contributed by atoms with Crippen LogP contribution in [0.2, 0.25) is 15.1 Å². The summed E-state index contributed by atoms with van der Waals surface area (Å²) in [6, 6.07) is 8.57. The number of hydrazone groups is 1. The zero-order valence-corrected chi connectivity index (χ0v) is 14.2. The number of hydrogen-bond acceptors (Lipinski definition) is 5. The van der Waals surface area contributed by atoms with E-state index < -0.39 is 5.56 Å². The molecule has 24 heavy (non-hydrogen) atoms. The average molecular weight is 384 g/mol. The number of benzene rings is 1. The molecule has 0 unspecified atom stereocenters. The van der Waals surface area contributed by atoms with Crippen molar-refractivity contribution in [2.45, 2.75) is 0 Å². The molecule has 0 aliphatic heterocycles. The van der Waals surface area contributed by atoms with Gasteiger partial charge in [-0.1, -0.05) is 34.8 Å². The summed E-state index contributed by atoms with van der Waals surface area (Å²) in [6.45, 7) is 0. The number of hydrogen-bond donors (Lipinski definition) is 2. The highest BCUT2D eigenvalue weighted by atomic mass is 35.5. The van der Waals surface area contributed by atoms with Gasteiger partial charge in [0.2, 0.25) is 0 Å². The van der Waals surface area contributed by atoms with E-state index in [9.17, 15) is 4.79 Å². The minimum Gasteiger partial charge on any atom is -0.455 e. The standard InChI is InChI=1S/C15H9Cl3N4O2/c16-8-1-3-11(17)10(5-8)13-4-2-9(24-13)6-19-21-12-7-20-22-15(23)14(12)18/h1-7H,(H2,21,22,23)/b19-6-. The van der Waals surface area contributed by atoms with Crippen molar-refractivity contribution in [2.75, 3.05) is 5.43 Å². The number of rotatable bonds is 4. The molecule has 0 saturated heterocycles. The number of aromatic amines is 1. The van der Waals surface area contributed by atoms with Crippen molar-refractivity contribution in [3.63, 3.8) is 0 Å². The Kier molecular flexibility index (Phi) is 4.89. The van der Waals surface area contributed by atoms with Crippen molar-refractivity contribution in [2.24, 2.45) is 5.10 Å². The predicted octanol–water partition coefficient (Wildman–Crippen LogP) is 4.44. The molecule has 0 saturated carbocycles. The first-order valence-electron chi connectivity index (χ1n) is 6.62. The first-order valence-corrected chi connectivity index (χ1v) is 7.75. The highest BCUT2D eigenvalue weighted by molar-refractivity contribution is 6.35. The van der Waals surface area contributed by atoms with E-state index in [0.29, 0.717) is 27.1 Å². The van der Waals surface area contributed by atoms with E-state index in [4.69, 9.17) is 39.2 Å². The highest BCUT2D eigenvalue weighted by Gasteiger charge is 2.09. The van der Waals surface area contributed by atoms with Crippen LogP contribution in [0.5, 0.6) is 0 Å². The molecule has 6 nitrogen and oxygen atoms in total. The van der Waals surface area contributed by atoms with Crippen LogP contribution >= 0.6 is 34.8 Å². The predicted molar refractivity (Wildman–Crippen MR) is 95.2 cm³/mol. The van der Waals surface area contributed by atoms with Crippen LogP contribution in [0.15, 0.2) is 50.8 Å². The van der Waals surface area contributed by atoms with E-state index in [-0.39, 0.29) is 10.7 Å². The van der Waals surface area contributed by atoms with E-state index in [2.05, 4.69) is 20.7 Å². The number of anilines is 1. The van der Waals surface area contributed by atoms with Gasteiger partial charge in [0.05, 0.1) is 17.4 Å². The fourth-order valence-electron chi connectivity index (χ4n) is 1.88. The van der Waals surface area contributed by atoms with Gasteiger partial charge in [-0.15, -0.1) is 0 Å². The molecule has 9 heteroatoms. The molecule has 2 aromatic heterocycles. The Hall–Kier alpha value is -2.28. The first-order chi connectivity index (χ1) is 11.5. The van der Waals surface area contributed by atoms with Crippen molar-refractivity contribution in [1.29, 1.82) is 0 Å². The molecule has 0 amide bonds.